The molecular formula is C26H22ClN3O4S3. The van der Waals surface area contributed by atoms with Crippen LogP contribution in [0.3, 0.4) is 0 Å². The zero-order valence-corrected chi connectivity index (χ0v) is 22.9. The van der Waals surface area contributed by atoms with E-state index >= 15 is 0 Å². The Morgan fingerprint density at radius 1 is 1.16 bits per heavy atom. The average molecular weight is 572 g/mol. The normalized spacial score (nSPS) is 14.3. The predicted octanol–water partition coefficient (Wildman–Crippen LogP) is 5.79. The number of halogens is 1. The lowest BCUT2D eigenvalue weighted by molar-refractivity contribution is -0.122. The van der Waals surface area contributed by atoms with Crippen molar-refractivity contribution in [2.75, 3.05) is 19.0 Å². The number of nitrogens with zero attached hydrogens (tertiary/aromatic N) is 2. The van der Waals surface area contributed by atoms with Gasteiger partial charge in [0.25, 0.3) is 5.91 Å². The maximum Gasteiger partial charge on any atom is 0.337 e. The first-order chi connectivity index (χ1) is 17.8. The third kappa shape index (κ3) is 7.26. The molecule has 2 amide bonds. The summed E-state index contributed by atoms with van der Waals surface area (Å²) in [5, 5.41) is 4.06. The summed E-state index contributed by atoms with van der Waals surface area (Å²) in [7, 11) is 1.32. The second-order valence-electron chi connectivity index (χ2n) is 8.03. The van der Waals surface area contributed by atoms with E-state index in [4.69, 9.17) is 28.6 Å². The minimum Gasteiger partial charge on any atom is -0.465 e. The summed E-state index contributed by atoms with van der Waals surface area (Å²) >= 11 is 14.0. The summed E-state index contributed by atoms with van der Waals surface area (Å²) in [6.07, 6.45) is 4.89. The van der Waals surface area contributed by atoms with E-state index in [0.29, 0.717) is 44.3 Å². The first kappa shape index (κ1) is 27.0. The molecule has 1 N–H and O–H groups in total. The molecule has 190 valence electrons. The monoisotopic (exact) mass is 571 g/mol. The molecule has 1 fully saturated rings. The molecule has 1 saturated heterocycles. The van der Waals surface area contributed by atoms with Crippen molar-refractivity contribution < 1.29 is 19.1 Å². The first-order valence-corrected chi connectivity index (χ1v) is 13.7. The van der Waals surface area contributed by atoms with E-state index in [0.717, 1.165) is 16.0 Å². The van der Waals surface area contributed by atoms with Crippen LogP contribution in [0.4, 0.5) is 5.13 Å². The number of benzene rings is 2. The fourth-order valence-corrected chi connectivity index (χ4v) is 5.80. The quantitative estimate of drug-likeness (QED) is 0.197. The Labute approximate surface area is 232 Å². The van der Waals surface area contributed by atoms with Gasteiger partial charge in [0, 0.05) is 35.5 Å². The predicted molar refractivity (Wildman–Crippen MR) is 152 cm³/mol. The molecule has 1 aliphatic heterocycles. The van der Waals surface area contributed by atoms with Crippen LogP contribution in [-0.4, -0.2) is 45.6 Å². The number of aromatic nitrogens is 1. The summed E-state index contributed by atoms with van der Waals surface area (Å²) < 4.78 is 5.15. The highest BCUT2D eigenvalue weighted by molar-refractivity contribution is 8.26. The van der Waals surface area contributed by atoms with Crippen molar-refractivity contribution >= 4 is 80.2 Å². The van der Waals surface area contributed by atoms with Gasteiger partial charge >= 0.3 is 5.97 Å². The highest BCUT2D eigenvalue weighted by Gasteiger charge is 2.31. The third-order valence-electron chi connectivity index (χ3n) is 5.38. The molecule has 0 bridgehead atoms. The van der Waals surface area contributed by atoms with Gasteiger partial charge in [-0.25, -0.2) is 9.78 Å². The van der Waals surface area contributed by atoms with E-state index in [1.54, 1.807) is 36.5 Å². The van der Waals surface area contributed by atoms with Gasteiger partial charge in [-0.3, -0.25) is 14.5 Å². The molecule has 4 rings (SSSR count). The van der Waals surface area contributed by atoms with Crippen molar-refractivity contribution in [1.29, 1.82) is 0 Å². The summed E-state index contributed by atoms with van der Waals surface area (Å²) in [5.74, 6) is -0.784. The molecule has 0 unspecified atom stereocenters. The summed E-state index contributed by atoms with van der Waals surface area (Å²) in [5.41, 5.74) is 2.31. The summed E-state index contributed by atoms with van der Waals surface area (Å²) in [4.78, 5) is 44.2. The number of thioether (sulfide) groups is 1. The lowest BCUT2D eigenvalue weighted by Crippen LogP contribution is -2.29. The zero-order valence-electron chi connectivity index (χ0n) is 19.7. The SMILES string of the molecule is COC(=O)c1ccc(C=C2SC(=S)N(CCCC(=O)Nc3ncc(Cc4ccc(Cl)cc4)s3)C2=O)cc1. The van der Waals surface area contributed by atoms with Crippen LogP contribution in [0.15, 0.2) is 59.6 Å². The van der Waals surface area contributed by atoms with Gasteiger partial charge in [-0.2, -0.15) is 0 Å². The summed E-state index contributed by atoms with van der Waals surface area (Å²) in [6.45, 7) is 0.344. The van der Waals surface area contributed by atoms with Gasteiger partial charge in [0.1, 0.15) is 4.32 Å². The molecule has 0 radical (unpaired) electrons. The number of nitrogens with one attached hydrogen (secondary N) is 1. The average Bonchev–Trinajstić information content (AvgIpc) is 3.43. The molecule has 11 heteroatoms. The molecule has 2 heterocycles. The van der Waals surface area contributed by atoms with Crippen LogP contribution in [0, 0.1) is 0 Å². The van der Waals surface area contributed by atoms with E-state index in [1.165, 1.54) is 35.1 Å². The maximum atomic E-state index is 12.8. The smallest absolute Gasteiger partial charge is 0.337 e. The Balaban J connectivity index is 1.25. The number of thiazole rings is 1. The van der Waals surface area contributed by atoms with Crippen molar-refractivity contribution in [2.24, 2.45) is 0 Å². The maximum absolute atomic E-state index is 12.8. The highest BCUT2D eigenvalue weighted by atomic mass is 35.5. The van der Waals surface area contributed by atoms with E-state index < -0.39 is 5.97 Å². The van der Waals surface area contributed by atoms with E-state index in [2.05, 4.69) is 10.3 Å². The molecule has 7 nitrogen and oxygen atoms in total. The number of methoxy groups -OCH3 is 1. The Kier molecular flexibility index (Phi) is 9.09. The van der Waals surface area contributed by atoms with Gasteiger partial charge in [0.2, 0.25) is 5.91 Å². The molecule has 0 atom stereocenters. The largest absolute Gasteiger partial charge is 0.465 e. The van der Waals surface area contributed by atoms with Gasteiger partial charge in [0.15, 0.2) is 5.13 Å². The lowest BCUT2D eigenvalue weighted by Gasteiger charge is -2.13. The van der Waals surface area contributed by atoms with E-state index in [9.17, 15) is 14.4 Å². The highest BCUT2D eigenvalue weighted by Crippen LogP contribution is 2.33. The van der Waals surface area contributed by atoms with Crippen LogP contribution >= 0.6 is 46.9 Å². The molecule has 0 spiro atoms. The van der Waals surface area contributed by atoms with Gasteiger partial charge in [-0.05, 0) is 47.9 Å². The lowest BCUT2D eigenvalue weighted by atomic mass is 10.1. The fourth-order valence-electron chi connectivity index (χ4n) is 3.51. The number of anilines is 1. The van der Waals surface area contributed by atoms with Crippen LogP contribution in [0.1, 0.15) is 39.2 Å². The van der Waals surface area contributed by atoms with Crippen molar-refractivity contribution in [3.05, 3.63) is 86.2 Å². The molecule has 37 heavy (non-hydrogen) atoms. The number of carbonyl (C=O) groups excluding carboxylic acids is 3. The van der Waals surface area contributed by atoms with Crippen LogP contribution < -0.4 is 5.32 Å². The minimum absolute atomic E-state index is 0.168. The van der Waals surface area contributed by atoms with Crippen molar-refractivity contribution in [3.63, 3.8) is 0 Å². The number of thiocarbonyl (C=S) groups is 1. The van der Waals surface area contributed by atoms with Gasteiger partial charge in [-0.1, -0.05) is 59.8 Å². The standard InChI is InChI=1S/C26H22ClN3O4S3/c1-34-24(33)18-8-4-17(5-9-18)14-21-23(32)30(26(35)37-21)12-2-3-22(31)29-25-28-15-20(36-25)13-16-6-10-19(27)11-7-16/h4-11,14-15H,2-3,12-13H2,1H3,(H,28,29,31). The Hall–Kier alpha value is -3.05. The molecule has 3 aromatic rings. The molecule has 1 aliphatic rings. The second kappa shape index (κ2) is 12.5. The van der Waals surface area contributed by atoms with Gasteiger partial charge in [-0.15, -0.1) is 11.3 Å². The fraction of sp³-hybridized carbons (Fsp3) is 0.192. The molecular weight excluding hydrogens is 550 g/mol. The van der Waals surface area contributed by atoms with E-state index in [1.807, 2.05) is 24.3 Å². The molecule has 2 aromatic carbocycles. The van der Waals surface area contributed by atoms with Crippen molar-refractivity contribution in [1.82, 2.24) is 9.88 Å². The zero-order chi connectivity index (χ0) is 26.4. The van der Waals surface area contributed by atoms with Gasteiger partial charge in [0.05, 0.1) is 17.6 Å². The molecule has 0 saturated carbocycles. The van der Waals surface area contributed by atoms with Crippen LogP contribution in [0.2, 0.25) is 5.02 Å². The number of esters is 1. The van der Waals surface area contributed by atoms with Crippen LogP contribution in [-0.2, 0) is 20.7 Å². The third-order valence-corrected chi connectivity index (χ3v) is 7.92. The number of hydrogen-bond acceptors (Lipinski definition) is 8. The van der Waals surface area contributed by atoms with Gasteiger partial charge < -0.3 is 10.1 Å². The summed E-state index contributed by atoms with van der Waals surface area (Å²) in [6, 6.07) is 14.4. The van der Waals surface area contributed by atoms with Crippen molar-refractivity contribution in [3.8, 4) is 0 Å². The molecule has 0 aliphatic carbocycles. The number of hydrogen-bond donors (Lipinski definition) is 1. The topological polar surface area (TPSA) is 88.6 Å². The van der Waals surface area contributed by atoms with Crippen molar-refractivity contribution in [2.45, 2.75) is 19.3 Å². The Morgan fingerprint density at radius 2 is 1.89 bits per heavy atom. The number of carbonyl (C=O) groups is 3. The minimum atomic E-state index is -0.421. The van der Waals surface area contributed by atoms with E-state index in [-0.39, 0.29) is 18.2 Å². The van der Waals surface area contributed by atoms with Crippen LogP contribution in [0.5, 0.6) is 0 Å². The second-order valence-corrected chi connectivity index (χ2v) is 11.3. The first-order valence-electron chi connectivity index (χ1n) is 11.2. The number of ether oxygens (including phenoxy) is 1. The molecule has 1 aromatic heterocycles. The Bertz CT molecular complexity index is 1350. The van der Waals surface area contributed by atoms with Crippen LogP contribution in [0.25, 0.3) is 6.08 Å². The Morgan fingerprint density at radius 3 is 2.59 bits per heavy atom. The number of rotatable bonds is 9. The number of amides is 2.